The third-order valence-corrected chi connectivity index (χ3v) is 3.54. The molecule has 1 amide bonds. The maximum atomic E-state index is 12.4. The molecular formula is C13H26N2O2. The lowest BCUT2D eigenvalue weighted by atomic mass is 9.89. The Bertz CT molecular complexity index is 258. The molecule has 0 bridgehead atoms. The molecule has 17 heavy (non-hydrogen) atoms. The molecule has 0 radical (unpaired) electrons. The van der Waals surface area contributed by atoms with Crippen LogP contribution in [0, 0.1) is 0 Å². The van der Waals surface area contributed by atoms with E-state index in [1.54, 1.807) is 7.11 Å². The van der Waals surface area contributed by atoms with E-state index < -0.39 is 5.60 Å². The maximum Gasteiger partial charge on any atom is 0.252 e. The molecule has 1 rings (SSSR count). The summed E-state index contributed by atoms with van der Waals surface area (Å²) in [5.41, 5.74) is -0.779. The van der Waals surface area contributed by atoms with Crippen LogP contribution >= 0.6 is 0 Å². The van der Waals surface area contributed by atoms with Gasteiger partial charge in [0.2, 0.25) is 0 Å². The molecule has 0 aromatic rings. The highest BCUT2D eigenvalue weighted by atomic mass is 16.5. The highest BCUT2D eigenvalue weighted by Crippen LogP contribution is 2.24. The Kier molecular flexibility index (Phi) is 4.95. The molecule has 0 spiro atoms. The molecular weight excluding hydrogens is 216 g/mol. The Labute approximate surface area is 104 Å². The van der Waals surface area contributed by atoms with E-state index in [4.69, 9.17) is 4.74 Å². The van der Waals surface area contributed by atoms with Gasteiger partial charge >= 0.3 is 0 Å². The topological polar surface area (TPSA) is 50.4 Å². The average Bonchev–Trinajstić information content (AvgIpc) is 2.29. The van der Waals surface area contributed by atoms with Gasteiger partial charge in [-0.3, -0.25) is 4.79 Å². The molecule has 0 unspecified atom stereocenters. The zero-order valence-electron chi connectivity index (χ0n) is 11.6. The molecule has 1 heterocycles. The van der Waals surface area contributed by atoms with E-state index in [1.807, 2.05) is 0 Å². The van der Waals surface area contributed by atoms with Gasteiger partial charge in [-0.15, -0.1) is 0 Å². The van der Waals surface area contributed by atoms with Crippen LogP contribution in [0.3, 0.4) is 0 Å². The van der Waals surface area contributed by atoms with E-state index >= 15 is 0 Å². The third kappa shape index (κ3) is 3.68. The first kappa shape index (κ1) is 14.5. The number of carbonyl (C=O) groups is 1. The number of ether oxygens (including phenoxy) is 1. The first-order valence-corrected chi connectivity index (χ1v) is 6.54. The normalized spacial score (nSPS) is 20.0. The number of hydrogen-bond donors (Lipinski definition) is 2. The van der Waals surface area contributed by atoms with E-state index in [0.29, 0.717) is 0 Å². The van der Waals surface area contributed by atoms with E-state index in [-0.39, 0.29) is 11.4 Å². The van der Waals surface area contributed by atoms with Gasteiger partial charge < -0.3 is 15.4 Å². The van der Waals surface area contributed by atoms with Crippen molar-refractivity contribution in [3.63, 3.8) is 0 Å². The Hall–Kier alpha value is -0.610. The summed E-state index contributed by atoms with van der Waals surface area (Å²) in [6.07, 6.45) is 3.54. The molecule has 1 fully saturated rings. The van der Waals surface area contributed by atoms with Crippen LogP contribution in [0.15, 0.2) is 0 Å². The van der Waals surface area contributed by atoms with Gasteiger partial charge in [-0.1, -0.05) is 13.3 Å². The van der Waals surface area contributed by atoms with Crippen LogP contribution in [0.1, 0.15) is 46.5 Å². The lowest BCUT2D eigenvalue weighted by Crippen LogP contribution is -2.58. The molecule has 1 aliphatic rings. The molecule has 1 aliphatic heterocycles. The number of rotatable bonds is 5. The maximum absolute atomic E-state index is 12.4. The lowest BCUT2D eigenvalue weighted by molar-refractivity contribution is -0.148. The first-order valence-electron chi connectivity index (χ1n) is 6.54. The largest absolute Gasteiger partial charge is 0.368 e. The highest BCUT2D eigenvalue weighted by Gasteiger charge is 2.41. The van der Waals surface area contributed by atoms with E-state index in [2.05, 4.69) is 31.4 Å². The molecule has 2 N–H and O–H groups in total. The number of hydrogen-bond acceptors (Lipinski definition) is 3. The van der Waals surface area contributed by atoms with Crippen molar-refractivity contribution in [2.75, 3.05) is 20.2 Å². The summed E-state index contributed by atoms with van der Waals surface area (Å²) in [6, 6.07) is 0. The predicted molar refractivity (Wildman–Crippen MR) is 69.0 cm³/mol. The fourth-order valence-corrected chi connectivity index (χ4v) is 2.46. The zero-order valence-corrected chi connectivity index (χ0v) is 11.6. The van der Waals surface area contributed by atoms with Gasteiger partial charge in [-0.2, -0.15) is 0 Å². The van der Waals surface area contributed by atoms with Gasteiger partial charge in [0.15, 0.2) is 0 Å². The van der Waals surface area contributed by atoms with Crippen molar-refractivity contribution in [2.24, 2.45) is 0 Å². The van der Waals surface area contributed by atoms with Gasteiger partial charge in [0.1, 0.15) is 5.60 Å². The van der Waals surface area contributed by atoms with Crippen molar-refractivity contribution in [3.05, 3.63) is 0 Å². The number of nitrogens with one attached hydrogen (secondary N) is 2. The second kappa shape index (κ2) is 5.83. The van der Waals surface area contributed by atoms with Crippen LogP contribution in [0.4, 0.5) is 0 Å². The van der Waals surface area contributed by atoms with Crippen LogP contribution < -0.4 is 10.6 Å². The molecule has 100 valence electrons. The van der Waals surface area contributed by atoms with Crippen molar-refractivity contribution in [1.29, 1.82) is 0 Å². The molecule has 4 heteroatoms. The van der Waals surface area contributed by atoms with Crippen LogP contribution in [0.25, 0.3) is 0 Å². The minimum atomic E-state index is -0.629. The SMILES string of the molecule is CCCC(C)(C)NC(=O)C1(OC)CCNCC1. The van der Waals surface area contributed by atoms with Crippen molar-refractivity contribution < 1.29 is 9.53 Å². The summed E-state index contributed by atoms with van der Waals surface area (Å²) in [5, 5.41) is 6.38. The van der Waals surface area contributed by atoms with Crippen LogP contribution in [-0.4, -0.2) is 37.2 Å². The standard InChI is InChI=1S/C13H26N2O2/c1-5-6-12(2,3)15-11(16)13(17-4)7-9-14-10-8-13/h14H,5-10H2,1-4H3,(H,15,16). The Morgan fingerprint density at radius 3 is 2.47 bits per heavy atom. The molecule has 4 nitrogen and oxygen atoms in total. The van der Waals surface area contributed by atoms with E-state index in [1.165, 1.54) is 0 Å². The summed E-state index contributed by atoms with van der Waals surface area (Å²) in [4.78, 5) is 12.4. The summed E-state index contributed by atoms with van der Waals surface area (Å²) in [5.74, 6) is 0.0416. The second-order valence-electron chi connectivity index (χ2n) is 5.54. The highest BCUT2D eigenvalue weighted by molar-refractivity contribution is 5.86. The fourth-order valence-electron chi connectivity index (χ4n) is 2.46. The molecule has 0 aliphatic carbocycles. The quantitative estimate of drug-likeness (QED) is 0.767. The monoisotopic (exact) mass is 242 g/mol. The summed E-state index contributed by atoms with van der Waals surface area (Å²) >= 11 is 0. The number of piperidine rings is 1. The molecule has 0 atom stereocenters. The Morgan fingerprint density at radius 2 is 2.00 bits per heavy atom. The van der Waals surface area contributed by atoms with Crippen LogP contribution in [0.2, 0.25) is 0 Å². The molecule has 0 aromatic heterocycles. The predicted octanol–water partition coefficient (Wildman–Crippen LogP) is 1.45. The smallest absolute Gasteiger partial charge is 0.252 e. The summed E-state index contributed by atoms with van der Waals surface area (Å²) in [7, 11) is 1.64. The fraction of sp³-hybridized carbons (Fsp3) is 0.923. The minimum Gasteiger partial charge on any atom is -0.368 e. The van der Waals surface area contributed by atoms with Gasteiger partial charge in [0.25, 0.3) is 5.91 Å². The van der Waals surface area contributed by atoms with Gasteiger partial charge in [0, 0.05) is 12.6 Å². The van der Waals surface area contributed by atoms with E-state index in [9.17, 15) is 4.79 Å². The lowest BCUT2D eigenvalue weighted by Gasteiger charge is -2.38. The molecule has 1 saturated heterocycles. The molecule has 0 saturated carbocycles. The third-order valence-electron chi connectivity index (χ3n) is 3.54. The average molecular weight is 242 g/mol. The zero-order chi connectivity index (χ0) is 12.9. The minimum absolute atomic E-state index is 0.0416. The molecule has 0 aromatic carbocycles. The second-order valence-corrected chi connectivity index (χ2v) is 5.54. The van der Waals surface area contributed by atoms with Gasteiger partial charge in [0.05, 0.1) is 0 Å². The summed E-state index contributed by atoms with van der Waals surface area (Å²) < 4.78 is 5.51. The van der Waals surface area contributed by atoms with Crippen LogP contribution in [0.5, 0.6) is 0 Å². The number of amides is 1. The van der Waals surface area contributed by atoms with Crippen molar-refractivity contribution >= 4 is 5.91 Å². The Balaban J connectivity index is 2.66. The van der Waals surface area contributed by atoms with E-state index in [0.717, 1.165) is 38.8 Å². The number of carbonyl (C=O) groups excluding carboxylic acids is 1. The Morgan fingerprint density at radius 1 is 1.41 bits per heavy atom. The van der Waals surface area contributed by atoms with Gasteiger partial charge in [-0.25, -0.2) is 0 Å². The van der Waals surface area contributed by atoms with Crippen molar-refractivity contribution in [2.45, 2.75) is 57.6 Å². The van der Waals surface area contributed by atoms with Crippen molar-refractivity contribution in [3.8, 4) is 0 Å². The first-order chi connectivity index (χ1) is 7.96. The van der Waals surface area contributed by atoms with Crippen LogP contribution in [-0.2, 0) is 9.53 Å². The summed E-state index contributed by atoms with van der Waals surface area (Å²) in [6.45, 7) is 7.95. The van der Waals surface area contributed by atoms with Crippen molar-refractivity contribution in [1.82, 2.24) is 10.6 Å². The number of methoxy groups -OCH3 is 1. The van der Waals surface area contributed by atoms with Gasteiger partial charge in [-0.05, 0) is 46.2 Å².